The summed E-state index contributed by atoms with van der Waals surface area (Å²) in [5.74, 6) is 2.35. The van der Waals surface area contributed by atoms with Crippen molar-refractivity contribution in [2.75, 3.05) is 12.3 Å². The number of pyridine rings is 1. The van der Waals surface area contributed by atoms with Crippen LogP contribution in [0.15, 0.2) is 34.8 Å². The molecular weight excluding hydrogens is 332 g/mol. The summed E-state index contributed by atoms with van der Waals surface area (Å²) in [6.45, 7) is 2.67. The molecule has 0 saturated heterocycles. The van der Waals surface area contributed by atoms with Gasteiger partial charge >= 0.3 is 0 Å². The highest BCUT2D eigenvalue weighted by molar-refractivity contribution is 9.10. The number of hydrogen-bond donors (Lipinski definition) is 1. The van der Waals surface area contributed by atoms with Crippen LogP contribution >= 0.6 is 15.9 Å². The smallest absolute Gasteiger partial charge is 0.240 e. The quantitative estimate of drug-likeness (QED) is 0.874. The lowest BCUT2D eigenvalue weighted by atomic mass is 10.2. The zero-order chi connectivity index (χ0) is 14.8. The Hall–Kier alpha value is -1.75. The number of ether oxygens (including phenoxy) is 2. The number of halogens is 1. The predicted octanol–water partition coefficient (Wildman–Crippen LogP) is 4.32. The molecule has 0 radical (unpaired) electrons. The molecule has 3 rings (SSSR count). The van der Waals surface area contributed by atoms with Gasteiger partial charge in [-0.1, -0.05) is 22.0 Å². The Morgan fingerprint density at radius 2 is 2.10 bits per heavy atom. The van der Waals surface area contributed by atoms with Crippen LogP contribution in [-0.4, -0.2) is 11.6 Å². The van der Waals surface area contributed by atoms with E-state index in [9.17, 15) is 0 Å². The minimum atomic E-state index is 0.451. The molecule has 110 valence electrons. The fraction of sp³-hybridized carbons (Fsp3) is 0.312. The fourth-order valence-corrected chi connectivity index (χ4v) is 2.22. The number of nitrogen functional groups attached to an aromatic ring is 1. The molecule has 1 aliphatic rings. The Labute approximate surface area is 132 Å². The molecule has 0 atom stereocenters. The van der Waals surface area contributed by atoms with Gasteiger partial charge in [-0.15, -0.1) is 0 Å². The predicted molar refractivity (Wildman–Crippen MR) is 85.8 cm³/mol. The fourth-order valence-electron chi connectivity index (χ4n) is 1.88. The van der Waals surface area contributed by atoms with Crippen LogP contribution in [-0.2, 0) is 0 Å². The number of aromatic nitrogens is 1. The number of benzene rings is 1. The summed E-state index contributed by atoms with van der Waals surface area (Å²) in [6.07, 6.45) is 2.46. The SMILES string of the molecule is Cc1ccc(Br)cc1Oc1ccc(N)c(OCC2CC2)n1. The lowest BCUT2D eigenvalue weighted by molar-refractivity contribution is 0.286. The summed E-state index contributed by atoms with van der Waals surface area (Å²) in [6, 6.07) is 9.39. The molecule has 1 aromatic heterocycles. The van der Waals surface area contributed by atoms with Crippen molar-refractivity contribution in [3.05, 3.63) is 40.4 Å². The van der Waals surface area contributed by atoms with Crippen molar-refractivity contribution in [2.24, 2.45) is 5.92 Å². The van der Waals surface area contributed by atoms with Gasteiger partial charge in [-0.25, -0.2) is 0 Å². The number of hydrogen-bond acceptors (Lipinski definition) is 4. The van der Waals surface area contributed by atoms with E-state index >= 15 is 0 Å². The first kappa shape index (κ1) is 14.2. The van der Waals surface area contributed by atoms with Crippen LogP contribution in [0.25, 0.3) is 0 Å². The highest BCUT2D eigenvalue weighted by Crippen LogP contribution is 2.32. The Balaban J connectivity index is 1.78. The monoisotopic (exact) mass is 348 g/mol. The molecule has 5 heteroatoms. The molecule has 0 aliphatic heterocycles. The second kappa shape index (κ2) is 5.93. The van der Waals surface area contributed by atoms with Crippen molar-refractivity contribution in [1.29, 1.82) is 0 Å². The molecule has 4 nitrogen and oxygen atoms in total. The zero-order valence-corrected chi connectivity index (χ0v) is 13.4. The van der Waals surface area contributed by atoms with E-state index in [0.717, 1.165) is 15.8 Å². The van der Waals surface area contributed by atoms with Crippen LogP contribution in [0.5, 0.6) is 17.5 Å². The summed E-state index contributed by atoms with van der Waals surface area (Å²) >= 11 is 3.44. The molecule has 1 fully saturated rings. The second-order valence-electron chi connectivity index (χ2n) is 5.31. The van der Waals surface area contributed by atoms with E-state index < -0.39 is 0 Å². The normalized spacial score (nSPS) is 14.0. The minimum Gasteiger partial charge on any atom is -0.476 e. The number of nitrogens with zero attached hydrogens (tertiary/aromatic N) is 1. The Bertz CT molecular complexity index is 657. The first-order chi connectivity index (χ1) is 10.1. The van der Waals surface area contributed by atoms with Gasteiger partial charge < -0.3 is 15.2 Å². The first-order valence-corrected chi connectivity index (χ1v) is 7.74. The molecule has 1 aromatic carbocycles. The zero-order valence-electron chi connectivity index (χ0n) is 11.8. The number of aryl methyl sites for hydroxylation is 1. The van der Waals surface area contributed by atoms with Crippen molar-refractivity contribution in [3.8, 4) is 17.5 Å². The molecule has 0 spiro atoms. The van der Waals surface area contributed by atoms with E-state index in [-0.39, 0.29) is 0 Å². The van der Waals surface area contributed by atoms with E-state index in [1.807, 2.05) is 25.1 Å². The molecule has 0 amide bonds. The molecular formula is C16H17BrN2O2. The minimum absolute atomic E-state index is 0.451. The highest BCUT2D eigenvalue weighted by atomic mass is 79.9. The van der Waals surface area contributed by atoms with Crippen LogP contribution in [0.4, 0.5) is 5.69 Å². The van der Waals surface area contributed by atoms with Gasteiger partial charge in [0.2, 0.25) is 11.8 Å². The maximum atomic E-state index is 5.89. The van der Waals surface area contributed by atoms with E-state index in [1.54, 1.807) is 12.1 Å². The average molecular weight is 349 g/mol. The van der Waals surface area contributed by atoms with Gasteiger partial charge in [-0.05, 0) is 49.4 Å². The highest BCUT2D eigenvalue weighted by Gasteiger charge is 2.22. The molecule has 0 unspecified atom stereocenters. The lowest BCUT2D eigenvalue weighted by Crippen LogP contribution is -2.04. The van der Waals surface area contributed by atoms with Crippen LogP contribution in [0.3, 0.4) is 0 Å². The van der Waals surface area contributed by atoms with E-state index in [4.69, 9.17) is 15.2 Å². The molecule has 21 heavy (non-hydrogen) atoms. The van der Waals surface area contributed by atoms with Gasteiger partial charge in [0.05, 0.1) is 12.3 Å². The standard InChI is InChI=1S/C16H17BrN2O2/c1-10-2-5-12(17)8-14(10)21-15-7-6-13(18)16(19-15)20-9-11-3-4-11/h2,5-8,11H,3-4,9,18H2,1H3. The van der Waals surface area contributed by atoms with Gasteiger partial charge in [0.15, 0.2) is 0 Å². The third-order valence-corrected chi connectivity index (χ3v) is 3.87. The van der Waals surface area contributed by atoms with E-state index in [0.29, 0.717) is 30.0 Å². The van der Waals surface area contributed by atoms with E-state index in [2.05, 4.69) is 20.9 Å². The van der Waals surface area contributed by atoms with Gasteiger partial charge in [-0.2, -0.15) is 4.98 Å². The number of rotatable bonds is 5. The summed E-state index contributed by atoms with van der Waals surface area (Å²) in [7, 11) is 0. The van der Waals surface area contributed by atoms with Crippen molar-refractivity contribution in [1.82, 2.24) is 4.98 Å². The molecule has 2 aromatic rings. The maximum absolute atomic E-state index is 5.89. The maximum Gasteiger partial charge on any atom is 0.240 e. The van der Waals surface area contributed by atoms with Gasteiger partial charge in [0, 0.05) is 10.5 Å². The largest absolute Gasteiger partial charge is 0.476 e. The summed E-state index contributed by atoms with van der Waals surface area (Å²) in [5, 5.41) is 0. The third-order valence-electron chi connectivity index (χ3n) is 3.38. The van der Waals surface area contributed by atoms with Crippen molar-refractivity contribution >= 4 is 21.6 Å². The van der Waals surface area contributed by atoms with Crippen LogP contribution < -0.4 is 15.2 Å². The van der Waals surface area contributed by atoms with Crippen molar-refractivity contribution in [2.45, 2.75) is 19.8 Å². The second-order valence-corrected chi connectivity index (χ2v) is 6.23. The van der Waals surface area contributed by atoms with Crippen LogP contribution in [0.2, 0.25) is 0 Å². The Morgan fingerprint density at radius 1 is 1.29 bits per heavy atom. The van der Waals surface area contributed by atoms with Gasteiger partial charge in [-0.3, -0.25) is 0 Å². The summed E-state index contributed by atoms with van der Waals surface area (Å²) < 4.78 is 12.5. The van der Waals surface area contributed by atoms with Crippen LogP contribution in [0.1, 0.15) is 18.4 Å². The Morgan fingerprint density at radius 3 is 2.86 bits per heavy atom. The van der Waals surface area contributed by atoms with Crippen molar-refractivity contribution in [3.63, 3.8) is 0 Å². The molecule has 2 N–H and O–H groups in total. The molecule has 1 heterocycles. The van der Waals surface area contributed by atoms with Crippen molar-refractivity contribution < 1.29 is 9.47 Å². The van der Waals surface area contributed by atoms with Crippen LogP contribution in [0, 0.1) is 12.8 Å². The molecule has 0 bridgehead atoms. The summed E-state index contributed by atoms with van der Waals surface area (Å²) in [4.78, 5) is 4.35. The molecule has 1 aliphatic carbocycles. The van der Waals surface area contributed by atoms with Gasteiger partial charge in [0.25, 0.3) is 0 Å². The number of anilines is 1. The number of nitrogens with two attached hydrogens (primary N) is 1. The lowest BCUT2D eigenvalue weighted by Gasteiger charge is -2.11. The average Bonchev–Trinajstić information content (AvgIpc) is 3.27. The first-order valence-electron chi connectivity index (χ1n) is 6.95. The van der Waals surface area contributed by atoms with Gasteiger partial charge in [0.1, 0.15) is 5.75 Å². The Kier molecular flexibility index (Phi) is 4.01. The third kappa shape index (κ3) is 3.67. The molecule has 1 saturated carbocycles. The topological polar surface area (TPSA) is 57.4 Å². The van der Waals surface area contributed by atoms with E-state index in [1.165, 1.54) is 12.8 Å². The summed E-state index contributed by atoms with van der Waals surface area (Å²) in [5.41, 5.74) is 7.47.